The van der Waals surface area contributed by atoms with Crippen molar-refractivity contribution in [3.8, 4) is 0 Å². The van der Waals surface area contributed by atoms with Gasteiger partial charge in [-0.2, -0.15) is 5.10 Å². The van der Waals surface area contributed by atoms with Crippen LogP contribution in [0.5, 0.6) is 0 Å². The molecule has 1 saturated carbocycles. The Kier molecular flexibility index (Phi) is 3.61. The molecule has 0 saturated heterocycles. The molecule has 4 nitrogen and oxygen atoms in total. The lowest BCUT2D eigenvalue weighted by molar-refractivity contribution is -0.111. The summed E-state index contributed by atoms with van der Waals surface area (Å²) in [7, 11) is 0. The number of aryl methyl sites for hydroxylation is 1. The van der Waals surface area contributed by atoms with Gasteiger partial charge in [0.25, 0.3) is 0 Å². The van der Waals surface area contributed by atoms with Crippen LogP contribution in [0, 0.1) is 6.92 Å². The first kappa shape index (κ1) is 11.9. The van der Waals surface area contributed by atoms with E-state index in [1.165, 1.54) is 38.2 Å². The van der Waals surface area contributed by atoms with Crippen LogP contribution in [0.2, 0.25) is 0 Å². The summed E-state index contributed by atoms with van der Waals surface area (Å²) in [5.41, 5.74) is 1.01. The standard InChI is InChI=1S/C13H19N3O/c1-3-12(17)14-13-10(2)9-16(15-13)11-7-5-4-6-8-11/h3,9,11H,1,4-8H2,2H3,(H,14,15,17). The lowest BCUT2D eigenvalue weighted by atomic mass is 9.96. The van der Waals surface area contributed by atoms with Gasteiger partial charge < -0.3 is 5.32 Å². The number of amides is 1. The van der Waals surface area contributed by atoms with Crippen molar-refractivity contribution in [2.24, 2.45) is 0 Å². The van der Waals surface area contributed by atoms with Crippen molar-refractivity contribution in [1.82, 2.24) is 9.78 Å². The Morgan fingerprint density at radius 1 is 1.53 bits per heavy atom. The quantitative estimate of drug-likeness (QED) is 0.816. The largest absolute Gasteiger partial charge is 0.305 e. The first-order valence-electron chi connectivity index (χ1n) is 6.20. The van der Waals surface area contributed by atoms with Gasteiger partial charge in [-0.1, -0.05) is 25.8 Å². The second-order valence-electron chi connectivity index (χ2n) is 4.63. The molecule has 0 atom stereocenters. The highest BCUT2D eigenvalue weighted by atomic mass is 16.1. The predicted octanol–water partition coefficient (Wildman–Crippen LogP) is 2.82. The molecule has 0 radical (unpaired) electrons. The summed E-state index contributed by atoms with van der Waals surface area (Å²) in [5.74, 6) is 0.447. The molecule has 0 aromatic carbocycles. The number of aromatic nitrogens is 2. The Morgan fingerprint density at radius 3 is 2.88 bits per heavy atom. The molecule has 92 valence electrons. The molecule has 17 heavy (non-hydrogen) atoms. The lowest BCUT2D eigenvalue weighted by Crippen LogP contribution is -2.14. The van der Waals surface area contributed by atoms with Crippen LogP contribution in [0.4, 0.5) is 5.82 Å². The number of nitrogens with one attached hydrogen (secondary N) is 1. The average Bonchev–Trinajstić information content (AvgIpc) is 2.72. The maximum atomic E-state index is 11.2. The van der Waals surface area contributed by atoms with Crippen LogP contribution in [0.1, 0.15) is 43.7 Å². The van der Waals surface area contributed by atoms with Gasteiger partial charge in [0.1, 0.15) is 0 Å². The van der Waals surface area contributed by atoms with E-state index in [1.54, 1.807) is 0 Å². The highest BCUT2D eigenvalue weighted by Crippen LogP contribution is 2.28. The van der Waals surface area contributed by atoms with Gasteiger partial charge in [0.2, 0.25) is 5.91 Å². The van der Waals surface area contributed by atoms with E-state index in [0.29, 0.717) is 11.9 Å². The number of rotatable bonds is 3. The summed E-state index contributed by atoms with van der Waals surface area (Å²) in [6, 6.07) is 0.497. The van der Waals surface area contributed by atoms with Crippen LogP contribution in [0.3, 0.4) is 0 Å². The van der Waals surface area contributed by atoms with Crippen LogP contribution in [-0.4, -0.2) is 15.7 Å². The molecule has 1 N–H and O–H groups in total. The minimum absolute atomic E-state index is 0.206. The molecule has 1 amide bonds. The summed E-state index contributed by atoms with van der Waals surface area (Å²) in [5, 5.41) is 7.19. The molecule has 1 fully saturated rings. The van der Waals surface area contributed by atoms with Crippen LogP contribution in [0.25, 0.3) is 0 Å². The van der Waals surface area contributed by atoms with Gasteiger partial charge in [-0.15, -0.1) is 0 Å². The minimum Gasteiger partial charge on any atom is -0.305 e. The summed E-state index contributed by atoms with van der Waals surface area (Å²) in [6.45, 7) is 5.40. The summed E-state index contributed by atoms with van der Waals surface area (Å²) < 4.78 is 2.01. The lowest BCUT2D eigenvalue weighted by Gasteiger charge is -2.21. The molecule has 2 rings (SSSR count). The molecule has 1 aliphatic carbocycles. The number of anilines is 1. The van der Waals surface area contributed by atoms with Gasteiger partial charge in [-0.05, 0) is 25.8 Å². The Morgan fingerprint density at radius 2 is 2.24 bits per heavy atom. The van der Waals surface area contributed by atoms with E-state index in [0.717, 1.165) is 5.56 Å². The fraction of sp³-hybridized carbons (Fsp3) is 0.538. The molecule has 1 heterocycles. The highest BCUT2D eigenvalue weighted by Gasteiger charge is 2.17. The van der Waals surface area contributed by atoms with E-state index in [9.17, 15) is 4.79 Å². The van der Waals surface area contributed by atoms with Gasteiger partial charge in [0.15, 0.2) is 5.82 Å². The van der Waals surface area contributed by atoms with Crippen molar-refractivity contribution in [1.29, 1.82) is 0 Å². The maximum absolute atomic E-state index is 11.2. The van der Waals surface area contributed by atoms with E-state index in [4.69, 9.17) is 0 Å². The Labute approximate surface area is 102 Å². The molecule has 1 aliphatic rings. The Balaban J connectivity index is 2.11. The van der Waals surface area contributed by atoms with E-state index >= 15 is 0 Å². The van der Waals surface area contributed by atoms with Gasteiger partial charge in [-0.25, -0.2) is 0 Å². The fourth-order valence-corrected chi connectivity index (χ4v) is 2.31. The molecule has 4 heteroatoms. The third kappa shape index (κ3) is 2.75. The SMILES string of the molecule is C=CC(=O)Nc1nn(C2CCCCC2)cc1C. The molecule has 0 unspecified atom stereocenters. The van der Waals surface area contributed by atoms with E-state index in [2.05, 4.69) is 17.0 Å². The van der Waals surface area contributed by atoms with E-state index in [1.807, 2.05) is 17.8 Å². The van der Waals surface area contributed by atoms with Crippen molar-refractivity contribution in [2.75, 3.05) is 5.32 Å². The van der Waals surface area contributed by atoms with Crippen molar-refractivity contribution in [2.45, 2.75) is 45.1 Å². The number of hydrogen-bond acceptors (Lipinski definition) is 2. The average molecular weight is 233 g/mol. The number of carbonyl (C=O) groups is 1. The predicted molar refractivity (Wildman–Crippen MR) is 67.9 cm³/mol. The minimum atomic E-state index is -0.206. The molecule has 0 bridgehead atoms. The smallest absolute Gasteiger partial charge is 0.248 e. The molecule has 1 aromatic rings. The van der Waals surface area contributed by atoms with Crippen molar-refractivity contribution in [3.63, 3.8) is 0 Å². The second-order valence-corrected chi connectivity index (χ2v) is 4.63. The summed E-state index contributed by atoms with van der Waals surface area (Å²) in [6.07, 6.45) is 9.55. The topological polar surface area (TPSA) is 46.9 Å². The first-order chi connectivity index (χ1) is 8.20. The molecule has 0 aliphatic heterocycles. The van der Waals surface area contributed by atoms with Crippen molar-refractivity contribution < 1.29 is 4.79 Å². The molecular formula is C13H19N3O. The van der Waals surface area contributed by atoms with E-state index < -0.39 is 0 Å². The van der Waals surface area contributed by atoms with Crippen LogP contribution < -0.4 is 5.32 Å². The fourth-order valence-electron chi connectivity index (χ4n) is 2.31. The molecule has 0 spiro atoms. The van der Waals surface area contributed by atoms with E-state index in [-0.39, 0.29) is 5.91 Å². The third-order valence-electron chi connectivity index (χ3n) is 3.29. The van der Waals surface area contributed by atoms with Gasteiger partial charge in [0, 0.05) is 11.8 Å². The monoisotopic (exact) mass is 233 g/mol. The zero-order valence-corrected chi connectivity index (χ0v) is 10.3. The number of hydrogen-bond donors (Lipinski definition) is 1. The van der Waals surface area contributed by atoms with Crippen LogP contribution in [-0.2, 0) is 4.79 Å². The van der Waals surface area contributed by atoms with Gasteiger partial charge >= 0.3 is 0 Å². The summed E-state index contributed by atoms with van der Waals surface area (Å²) in [4.78, 5) is 11.2. The zero-order chi connectivity index (χ0) is 12.3. The van der Waals surface area contributed by atoms with Crippen molar-refractivity contribution in [3.05, 3.63) is 24.4 Å². The second kappa shape index (κ2) is 5.17. The van der Waals surface area contributed by atoms with Gasteiger partial charge in [0.05, 0.1) is 6.04 Å². The van der Waals surface area contributed by atoms with Crippen LogP contribution >= 0.6 is 0 Å². The highest BCUT2D eigenvalue weighted by molar-refractivity contribution is 5.98. The normalized spacial score (nSPS) is 16.8. The molecular weight excluding hydrogens is 214 g/mol. The molecule has 1 aromatic heterocycles. The van der Waals surface area contributed by atoms with Crippen molar-refractivity contribution >= 4 is 11.7 Å². The Bertz CT molecular complexity index is 416. The number of carbonyl (C=O) groups excluding carboxylic acids is 1. The number of nitrogens with zero attached hydrogens (tertiary/aromatic N) is 2. The summed E-state index contributed by atoms with van der Waals surface area (Å²) >= 11 is 0. The van der Waals surface area contributed by atoms with Gasteiger partial charge in [-0.3, -0.25) is 9.48 Å². The first-order valence-corrected chi connectivity index (χ1v) is 6.20. The Hall–Kier alpha value is -1.58. The maximum Gasteiger partial charge on any atom is 0.248 e. The van der Waals surface area contributed by atoms with Crippen LogP contribution in [0.15, 0.2) is 18.9 Å². The third-order valence-corrected chi connectivity index (χ3v) is 3.29. The zero-order valence-electron chi connectivity index (χ0n) is 10.3.